The molecular weight excluding hydrogens is 441 g/mol. The van der Waals surface area contributed by atoms with Crippen LogP contribution in [0.15, 0.2) is 24.3 Å². The summed E-state index contributed by atoms with van der Waals surface area (Å²) >= 11 is 7.67. The highest BCUT2D eigenvalue weighted by atomic mass is 35.5. The summed E-state index contributed by atoms with van der Waals surface area (Å²) in [4.78, 5) is 4.48. The van der Waals surface area contributed by atoms with Crippen molar-refractivity contribution in [2.24, 2.45) is 5.73 Å². The number of benzene rings is 1. The average molecular weight is 466 g/mol. The van der Waals surface area contributed by atoms with E-state index in [4.69, 9.17) is 22.1 Å². The summed E-state index contributed by atoms with van der Waals surface area (Å²) < 4.78 is 20.0. The van der Waals surface area contributed by atoms with Crippen LogP contribution in [0, 0.1) is 12.7 Å². The Labute approximate surface area is 189 Å². The summed E-state index contributed by atoms with van der Waals surface area (Å²) in [6, 6.07) is 6.07. The van der Waals surface area contributed by atoms with Gasteiger partial charge in [-0.05, 0) is 45.9 Å². The van der Waals surface area contributed by atoms with Crippen molar-refractivity contribution in [2.75, 3.05) is 11.9 Å². The van der Waals surface area contributed by atoms with E-state index in [1.165, 1.54) is 23.5 Å². The largest absolute Gasteiger partial charge is 0.489 e. The van der Waals surface area contributed by atoms with Gasteiger partial charge in [0, 0.05) is 28.9 Å². The molecule has 0 aliphatic carbocycles. The number of ether oxygens (including phenoxy) is 1. The van der Waals surface area contributed by atoms with Crippen molar-refractivity contribution in [1.29, 1.82) is 0 Å². The van der Waals surface area contributed by atoms with Crippen LogP contribution in [-0.2, 0) is 0 Å². The molecule has 7 nitrogen and oxygen atoms in total. The Balaban J connectivity index is 1.86. The second-order valence-corrected chi connectivity index (χ2v) is 8.96. The number of hydrogen-bond acceptors (Lipinski definition) is 8. The van der Waals surface area contributed by atoms with Crippen LogP contribution in [0.3, 0.4) is 0 Å². The third kappa shape index (κ3) is 5.88. The Morgan fingerprint density at radius 1 is 1.19 bits per heavy atom. The summed E-state index contributed by atoms with van der Waals surface area (Å²) in [5.41, 5.74) is 7.85. The first-order chi connectivity index (χ1) is 14.6. The normalized spacial score (nSPS) is 13.3. The van der Waals surface area contributed by atoms with E-state index >= 15 is 0 Å². The van der Waals surface area contributed by atoms with Crippen LogP contribution >= 0.6 is 22.9 Å². The number of aliphatic hydroxyl groups excluding tert-OH is 1. The first kappa shape index (κ1) is 23.3. The molecule has 2 aromatic heterocycles. The topological polar surface area (TPSA) is 106 Å². The van der Waals surface area contributed by atoms with Gasteiger partial charge in [0.05, 0.1) is 17.2 Å². The quantitative estimate of drug-likeness (QED) is 0.456. The zero-order valence-electron chi connectivity index (χ0n) is 17.7. The second kappa shape index (κ2) is 9.86. The molecule has 3 aromatic rings. The number of hydrogen-bond donors (Lipinski definition) is 3. The van der Waals surface area contributed by atoms with E-state index < -0.39 is 18.0 Å². The minimum atomic E-state index is -0.773. The second-order valence-electron chi connectivity index (χ2n) is 7.57. The molecule has 0 unspecified atom stereocenters. The molecule has 0 fully saturated rings. The smallest absolute Gasteiger partial charge is 0.165 e. The summed E-state index contributed by atoms with van der Waals surface area (Å²) in [6.07, 6.45) is -0.773. The van der Waals surface area contributed by atoms with Crippen LogP contribution < -0.4 is 15.8 Å². The molecule has 31 heavy (non-hydrogen) atoms. The maximum absolute atomic E-state index is 14.6. The SMILES string of the molecule is Cc1cc(-c2nnc(-c3cc(F)c(OC[C@@H](N)[C@H](C)O)cc3Cl)s2)cc(NC(C)C)n1. The van der Waals surface area contributed by atoms with Crippen LogP contribution in [0.25, 0.3) is 21.1 Å². The number of halogens is 2. The van der Waals surface area contributed by atoms with Crippen LogP contribution in [0.1, 0.15) is 26.5 Å². The summed E-state index contributed by atoms with van der Waals surface area (Å²) in [5.74, 6) is 0.114. The number of anilines is 1. The van der Waals surface area contributed by atoms with E-state index in [2.05, 4.69) is 20.5 Å². The standard InChI is InChI=1S/C21H25ClFN5O2S/c1-10(2)25-19-6-13(5-11(3)26-19)20-27-28-21(31-20)14-7-16(23)18(8-15(14)22)30-9-17(24)12(4)29/h5-8,10,12,17,29H,9,24H2,1-4H3,(H,25,26)/t12-,17+/m0/s1. The molecule has 0 bridgehead atoms. The van der Waals surface area contributed by atoms with Gasteiger partial charge in [0.15, 0.2) is 11.6 Å². The van der Waals surface area contributed by atoms with Gasteiger partial charge in [0.2, 0.25) is 0 Å². The highest BCUT2D eigenvalue weighted by molar-refractivity contribution is 7.18. The Hall–Kier alpha value is -2.33. The van der Waals surface area contributed by atoms with Crippen molar-refractivity contribution in [2.45, 2.75) is 45.9 Å². The molecule has 0 radical (unpaired) electrons. The van der Waals surface area contributed by atoms with Crippen LogP contribution in [0.5, 0.6) is 5.75 Å². The molecule has 0 spiro atoms. The van der Waals surface area contributed by atoms with Crippen molar-refractivity contribution in [3.05, 3.63) is 40.8 Å². The first-order valence-corrected chi connectivity index (χ1v) is 11.0. The van der Waals surface area contributed by atoms with E-state index in [0.29, 0.717) is 15.6 Å². The summed E-state index contributed by atoms with van der Waals surface area (Å²) in [6.45, 7) is 7.48. The molecule has 2 atom stereocenters. The third-order valence-corrected chi connectivity index (χ3v) is 5.68. The minimum absolute atomic E-state index is 0.0382. The van der Waals surface area contributed by atoms with E-state index in [-0.39, 0.29) is 23.4 Å². The summed E-state index contributed by atoms with van der Waals surface area (Å²) in [5, 5.41) is 22.6. The molecule has 2 heterocycles. The number of aliphatic hydroxyl groups is 1. The molecular formula is C21H25ClFN5O2S. The van der Waals surface area contributed by atoms with E-state index in [9.17, 15) is 9.50 Å². The predicted octanol–water partition coefficient (Wildman–Crippen LogP) is 4.28. The van der Waals surface area contributed by atoms with Crippen LogP contribution in [0.4, 0.5) is 10.2 Å². The number of nitrogens with zero attached hydrogens (tertiary/aromatic N) is 3. The van der Waals surface area contributed by atoms with Crippen molar-refractivity contribution in [3.8, 4) is 26.9 Å². The van der Waals surface area contributed by atoms with E-state index in [1.54, 1.807) is 6.92 Å². The lowest BCUT2D eigenvalue weighted by molar-refractivity contribution is 0.129. The highest BCUT2D eigenvalue weighted by Crippen LogP contribution is 2.37. The fourth-order valence-electron chi connectivity index (χ4n) is 2.74. The van der Waals surface area contributed by atoms with Crippen LogP contribution in [0.2, 0.25) is 5.02 Å². The lowest BCUT2D eigenvalue weighted by Gasteiger charge is -2.16. The number of aryl methyl sites for hydroxylation is 1. The molecule has 10 heteroatoms. The number of nitrogens with two attached hydrogens (primary N) is 1. The van der Waals surface area contributed by atoms with Gasteiger partial charge < -0.3 is 20.9 Å². The molecule has 4 N–H and O–H groups in total. The average Bonchev–Trinajstić information content (AvgIpc) is 3.17. The van der Waals surface area contributed by atoms with Gasteiger partial charge in [-0.15, -0.1) is 10.2 Å². The molecule has 0 amide bonds. The molecule has 1 aromatic carbocycles. The van der Waals surface area contributed by atoms with Gasteiger partial charge in [-0.3, -0.25) is 0 Å². The molecule has 3 rings (SSSR count). The molecule has 166 valence electrons. The van der Waals surface area contributed by atoms with Crippen molar-refractivity contribution >= 4 is 28.8 Å². The van der Waals surface area contributed by atoms with Crippen molar-refractivity contribution < 1.29 is 14.2 Å². The van der Waals surface area contributed by atoms with E-state index in [1.807, 2.05) is 32.9 Å². The van der Waals surface area contributed by atoms with Gasteiger partial charge in [-0.25, -0.2) is 9.37 Å². The maximum Gasteiger partial charge on any atom is 0.165 e. The predicted molar refractivity (Wildman–Crippen MR) is 122 cm³/mol. The summed E-state index contributed by atoms with van der Waals surface area (Å²) in [7, 11) is 0. The number of pyridine rings is 1. The molecule has 0 aliphatic heterocycles. The molecule has 0 saturated heterocycles. The van der Waals surface area contributed by atoms with Crippen molar-refractivity contribution in [1.82, 2.24) is 15.2 Å². The Bertz CT molecular complexity index is 1060. The Kier molecular flexibility index (Phi) is 7.42. The number of nitrogens with one attached hydrogen (secondary N) is 1. The van der Waals surface area contributed by atoms with Crippen LogP contribution in [-0.4, -0.2) is 45.1 Å². The Morgan fingerprint density at radius 2 is 1.90 bits per heavy atom. The maximum atomic E-state index is 14.6. The number of aromatic nitrogens is 3. The number of rotatable bonds is 8. The van der Waals surface area contributed by atoms with E-state index in [0.717, 1.165) is 17.1 Å². The minimum Gasteiger partial charge on any atom is -0.489 e. The Morgan fingerprint density at radius 3 is 2.58 bits per heavy atom. The zero-order valence-corrected chi connectivity index (χ0v) is 19.3. The lowest BCUT2D eigenvalue weighted by Crippen LogP contribution is -2.38. The van der Waals surface area contributed by atoms with Gasteiger partial charge in [-0.1, -0.05) is 22.9 Å². The first-order valence-electron chi connectivity index (χ1n) is 9.79. The van der Waals surface area contributed by atoms with Gasteiger partial charge in [0.1, 0.15) is 22.4 Å². The van der Waals surface area contributed by atoms with Crippen molar-refractivity contribution in [3.63, 3.8) is 0 Å². The molecule has 0 aliphatic rings. The molecule has 0 saturated carbocycles. The van der Waals surface area contributed by atoms with Gasteiger partial charge in [-0.2, -0.15) is 0 Å². The zero-order chi connectivity index (χ0) is 22.7. The van der Waals surface area contributed by atoms with Gasteiger partial charge >= 0.3 is 0 Å². The fourth-order valence-corrected chi connectivity index (χ4v) is 3.90. The monoisotopic (exact) mass is 465 g/mol. The lowest BCUT2D eigenvalue weighted by atomic mass is 10.2. The highest BCUT2D eigenvalue weighted by Gasteiger charge is 2.18. The third-order valence-electron chi connectivity index (χ3n) is 4.36. The van der Waals surface area contributed by atoms with Gasteiger partial charge in [0.25, 0.3) is 0 Å². The fraction of sp³-hybridized carbons (Fsp3) is 0.381.